The zero-order valence-corrected chi connectivity index (χ0v) is 6.08. The van der Waals surface area contributed by atoms with Crippen molar-refractivity contribution >= 4 is 11.5 Å². The van der Waals surface area contributed by atoms with Gasteiger partial charge in [0.15, 0.2) is 0 Å². The van der Waals surface area contributed by atoms with Crippen molar-refractivity contribution in [2.75, 3.05) is 0 Å². The minimum absolute atomic E-state index is 0.353. The molecule has 6 nitrogen and oxygen atoms in total. The van der Waals surface area contributed by atoms with Gasteiger partial charge in [-0.15, -0.1) is 4.68 Å². The van der Waals surface area contributed by atoms with Gasteiger partial charge in [0.2, 0.25) is 0 Å². The number of aromatic nitrogens is 5. The summed E-state index contributed by atoms with van der Waals surface area (Å²) in [6.07, 6.45) is 1.60. The maximum Gasteiger partial charge on any atom is 0.366 e. The highest BCUT2D eigenvalue weighted by atomic mass is 32.1. The van der Waals surface area contributed by atoms with E-state index < -0.39 is 0 Å². The van der Waals surface area contributed by atoms with Crippen molar-refractivity contribution in [2.24, 2.45) is 0 Å². The lowest BCUT2D eigenvalue weighted by atomic mass is 10.7. The van der Waals surface area contributed by atoms with Crippen LogP contribution >= 0.6 is 11.5 Å². The number of nitrogens with zero attached hydrogens (tertiary/aromatic N) is 4. The fourth-order valence-corrected chi connectivity index (χ4v) is 1.21. The first-order valence-electron chi connectivity index (χ1n) is 2.79. The summed E-state index contributed by atoms with van der Waals surface area (Å²) in [6, 6.07) is 1.69. The molecule has 0 bridgehead atoms. The third-order valence-corrected chi connectivity index (χ3v) is 1.83. The molecule has 0 fully saturated rings. The zero-order chi connectivity index (χ0) is 7.68. The van der Waals surface area contributed by atoms with E-state index in [-0.39, 0.29) is 5.69 Å². The quantitative estimate of drug-likeness (QED) is 0.619. The van der Waals surface area contributed by atoms with Crippen LogP contribution in [0.5, 0.6) is 0 Å². The third kappa shape index (κ3) is 0.944. The highest BCUT2D eigenvalue weighted by Crippen LogP contribution is 2.05. The number of nitrogens with one attached hydrogen (secondary N) is 1. The molecule has 0 aliphatic rings. The minimum atomic E-state index is -0.353. The van der Waals surface area contributed by atoms with Crippen molar-refractivity contribution in [2.45, 2.75) is 0 Å². The minimum Gasteiger partial charge on any atom is -0.244 e. The van der Waals surface area contributed by atoms with E-state index >= 15 is 0 Å². The number of hydrogen-bond acceptors (Lipinski definition) is 5. The van der Waals surface area contributed by atoms with Gasteiger partial charge >= 0.3 is 5.69 Å². The lowest BCUT2D eigenvalue weighted by Crippen LogP contribution is -2.14. The second-order valence-electron chi connectivity index (χ2n) is 1.77. The predicted octanol–water partition coefficient (Wildman–Crippen LogP) is -0.588. The van der Waals surface area contributed by atoms with Gasteiger partial charge in [0.25, 0.3) is 0 Å². The molecule has 0 atom stereocenters. The van der Waals surface area contributed by atoms with Gasteiger partial charge in [-0.05, 0) is 28.0 Å². The Kier molecular flexibility index (Phi) is 1.29. The van der Waals surface area contributed by atoms with Gasteiger partial charge in [-0.1, -0.05) is 0 Å². The summed E-state index contributed by atoms with van der Waals surface area (Å²) in [6.45, 7) is 0. The summed E-state index contributed by atoms with van der Waals surface area (Å²) in [4.78, 5) is 10.9. The van der Waals surface area contributed by atoms with Crippen molar-refractivity contribution in [1.82, 2.24) is 24.6 Å². The molecule has 1 N–H and O–H groups in total. The molecule has 0 amide bonds. The standard InChI is InChI=1S/C4H3N5OS/c10-4-6-7-8-9(4)3-1-2-5-11-3/h1-2H,(H,6,8,10). The Morgan fingerprint density at radius 3 is 3.09 bits per heavy atom. The van der Waals surface area contributed by atoms with Crippen molar-refractivity contribution in [3.8, 4) is 5.00 Å². The van der Waals surface area contributed by atoms with Crippen molar-refractivity contribution in [3.63, 3.8) is 0 Å². The van der Waals surface area contributed by atoms with Gasteiger partial charge in [0.05, 0.1) is 0 Å². The normalized spacial score (nSPS) is 10.2. The first kappa shape index (κ1) is 6.23. The highest BCUT2D eigenvalue weighted by Gasteiger charge is 2.02. The summed E-state index contributed by atoms with van der Waals surface area (Å²) in [5.41, 5.74) is -0.353. The second kappa shape index (κ2) is 2.27. The van der Waals surface area contributed by atoms with E-state index in [4.69, 9.17) is 0 Å². The molecule has 0 radical (unpaired) electrons. The Hall–Kier alpha value is -1.50. The van der Waals surface area contributed by atoms with Crippen LogP contribution in [0.25, 0.3) is 5.00 Å². The van der Waals surface area contributed by atoms with Crippen LogP contribution in [0.1, 0.15) is 0 Å². The average molecular weight is 169 g/mol. The van der Waals surface area contributed by atoms with Crippen molar-refractivity contribution in [1.29, 1.82) is 0 Å². The molecular formula is C4H3N5OS. The van der Waals surface area contributed by atoms with E-state index in [0.29, 0.717) is 5.00 Å². The van der Waals surface area contributed by atoms with E-state index in [1.165, 1.54) is 11.5 Å². The van der Waals surface area contributed by atoms with Crippen LogP contribution in [0.3, 0.4) is 0 Å². The smallest absolute Gasteiger partial charge is 0.244 e. The summed E-state index contributed by atoms with van der Waals surface area (Å²) in [5, 5.41) is 9.70. The molecule has 0 unspecified atom stereocenters. The largest absolute Gasteiger partial charge is 0.366 e. The Balaban J connectivity index is 2.62. The Bertz CT molecular complexity index is 387. The Morgan fingerprint density at radius 1 is 1.64 bits per heavy atom. The number of hydrogen-bond donors (Lipinski definition) is 1. The maximum absolute atomic E-state index is 10.9. The molecule has 0 spiro atoms. The first-order chi connectivity index (χ1) is 5.38. The molecular weight excluding hydrogens is 166 g/mol. The summed E-state index contributed by atoms with van der Waals surface area (Å²) in [7, 11) is 0. The molecule has 0 saturated heterocycles. The molecule has 2 rings (SSSR count). The van der Waals surface area contributed by atoms with Crippen molar-refractivity contribution < 1.29 is 0 Å². The highest BCUT2D eigenvalue weighted by molar-refractivity contribution is 7.08. The lowest BCUT2D eigenvalue weighted by molar-refractivity contribution is 0.790. The van der Waals surface area contributed by atoms with Gasteiger partial charge in [-0.3, -0.25) is 0 Å². The Morgan fingerprint density at radius 2 is 2.55 bits per heavy atom. The number of H-pyrrole nitrogens is 1. The maximum atomic E-state index is 10.9. The molecule has 7 heteroatoms. The van der Waals surface area contributed by atoms with Crippen LogP contribution < -0.4 is 5.69 Å². The van der Waals surface area contributed by atoms with Crippen molar-refractivity contribution in [3.05, 3.63) is 22.7 Å². The van der Waals surface area contributed by atoms with Gasteiger partial charge in [-0.2, -0.15) is 4.37 Å². The van der Waals surface area contributed by atoms with Gasteiger partial charge < -0.3 is 0 Å². The van der Waals surface area contributed by atoms with Gasteiger partial charge in [-0.25, -0.2) is 9.89 Å². The van der Waals surface area contributed by atoms with E-state index in [1.54, 1.807) is 12.3 Å². The molecule has 0 aliphatic carbocycles. The van der Waals surface area contributed by atoms with E-state index in [1.807, 2.05) is 0 Å². The second-order valence-corrected chi connectivity index (χ2v) is 2.58. The monoisotopic (exact) mass is 169 g/mol. The molecule has 11 heavy (non-hydrogen) atoms. The fraction of sp³-hybridized carbons (Fsp3) is 0. The van der Waals surface area contributed by atoms with E-state index in [0.717, 1.165) is 4.68 Å². The van der Waals surface area contributed by atoms with Gasteiger partial charge in [0, 0.05) is 6.20 Å². The van der Waals surface area contributed by atoms with Crippen LogP contribution in [-0.2, 0) is 0 Å². The summed E-state index contributed by atoms with van der Waals surface area (Å²) < 4.78 is 4.97. The molecule has 2 heterocycles. The SMILES string of the molecule is O=c1[nH]nnn1-c1ccns1. The fourth-order valence-electron chi connectivity index (χ4n) is 0.660. The third-order valence-electron chi connectivity index (χ3n) is 1.11. The molecule has 2 aromatic heterocycles. The van der Waals surface area contributed by atoms with Crippen LogP contribution in [0.15, 0.2) is 17.1 Å². The van der Waals surface area contributed by atoms with Crippen LogP contribution in [-0.4, -0.2) is 24.6 Å². The number of aromatic amines is 1. The summed E-state index contributed by atoms with van der Waals surface area (Å²) in [5.74, 6) is 0. The Labute approximate surface area is 64.6 Å². The molecule has 0 saturated carbocycles. The molecule has 56 valence electrons. The van der Waals surface area contributed by atoms with E-state index in [2.05, 4.69) is 19.9 Å². The first-order valence-corrected chi connectivity index (χ1v) is 3.57. The van der Waals surface area contributed by atoms with E-state index in [9.17, 15) is 4.79 Å². The van der Waals surface area contributed by atoms with Crippen LogP contribution in [0.4, 0.5) is 0 Å². The molecule has 0 aliphatic heterocycles. The zero-order valence-electron chi connectivity index (χ0n) is 5.26. The van der Waals surface area contributed by atoms with Crippen LogP contribution in [0, 0.1) is 0 Å². The predicted molar refractivity (Wildman–Crippen MR) is 37.7 cm³/mol. The number of tetrazole rings is 1. The average Bonchev–Trinajstić information content (AvgIpc) is 2.55. The topological polar surface area (TPSA) is 76.5 Å². The molecule has 2 aromatic rings. The number of rotatable bonds is 1. The van der Waals surface area contributed by atoms with Crippen LogP contribution in [0.2, 0.25) is 0 Å². The van der Waals surface area contributed by atoms with Gasteiger partial charge in [0.1, 0.15) is 5.00 Å². The molecule has 0 aromatic carbocycles. The lowest BCUT2D eigenvalue weighted by Gasteiger charge is -1.85. The summed E-state index contributed by atoms with van der Waals surface area (Å²) >= 11 is 1.19.